The molecule has 4 aliphatic carbocycles. The molecular formula is C22H24N2O5. The zero-order valence-corrected chi connectivity index (χ0v) is 16.6. The Morgan fingerprint density at radius 1 is 1.07 bits per heavy atom. The van der Waals surface area contributed by atoms with Gasteiger partial charge >= 0.3 is 0 Å². The summed E-state index contributed by atoms with van der Waals surface area (Å²) in [5, 5.41) is 2.79. The number of imide groups is 1. The first kappa shape index (κ1) is 18.2. The van der Waals surface area contributed by atoms with Crippen molar-refractivity contribution in [1.29, 1.82) is 0 Å². The van der Waals surface area contributed by atoms with E-state index in [9.17, 15) is 14.4 Å². The Balaban J connectivity index is 1.36. The topological polar surface area (TPSA) is 84.9 Å². The molecule has 7 atom stereocenters. The fourth-order valence-corrected chi connectivity index (χ4v) is 5.62. The summed E-state index contributed by atoms with van der Waals surface area (Å²) in [6.07, 6.45) is 5.37. The summed E-state index contributed by atoms with van der Waals surface area (Å²) in [7, 11) is 3.05. The van der Waals surface area contributed by atoms with Gasteiger partial charge in [0.2, 0.25) is 17.7 Å². The van der Waals surface area contributed by atoms with Gasteiger partial charge in [0.05, 0.1) is 31.7 Å². The highest BCUT2D eigenvalue weighted by atomic mass is 16.5. The molecule has 7 heteroatoms. The first-order valence-electron chi connectivity index (χ1n) is 10.0. The summed E-state index contributed by atoms with van der Waals surface area (Å²) in [4.78, 5) is 40.4. The number of methoxy groups -OCH3 is 2. The van der Waals surface area contributed by atoms with Crippen molar-refractivity contribution in [3.63, 3.8) is 0 Å². The molecule has 1 saturated heterocycles. The predicted octanol–water partition coefficient (Wildman–Crippen LogP) is 2.08. The highest BCUT2D eigenvalue weighted by Crippen LogP contribution is 2.65. The standard InChI is InChI=1S/C22H24N2O5/c1-10(20(25)23-16-7-4-11(28-2)8-17(16)29-3)24-21(26)18-12-5-6-13(15-9-14(12)15)19(18)22(24)27/h4-8,10,12-15,18-19H,9H2,1-3H3,(H,23,25)/t10-,12+,13+,14+,15+,18-,19-/m0/s1. The van der Waals surface area contributed by atoms with Crippen LogP contribution in [0.15, 0.2) is 30.4 Å². The average molecular weight is 396 g/mol. The van der Waals surface area contributed by atoms with Crippen LogP contribution in [-0.2, 0) is 14.4 Å². The van der Waals surface area contributed by atoms with Gasteiger partial charge in [0, 0.05) is 6.07 Å². The SMILES string of the molecule is COc1ccc(NC(=O)[C@H](C)N2C(=O)[C@H]3[C@@H]4C=C[C@H]([C@H]5C[C@H]45)[C@@H]3C2=O)c(OC)c1. The molecule has 1 aromatic rings. The van der Waals surface area contributed by atoms with Crippen molar-refractivity contribution in [2.24, 2.45) is 35.5 Å². The van der Waals surface area contributed by atoms with Gasteiger partial charge in [-0.25, -0.2) is 0 Å². The van der Waals surface area contributed by atoms with Gasteiger partial charge in [0.25, 0.3) is 0 Å². The van der Waals surface area contributed by atoms with Crippen molar-refractivity contribution >= 4 is 23.4 Å². The van der Waals surface area contributed by atoms with Crippen molar-refractivity contribution in [2.75, 3.05) is 19.5 Å². The third kappa shape index (κ3) is 2.52. The van der Waals surface area contributed by atoms with Crippen molar-refractivity contribution in [2.45, 2.75) is 19.4 Å². The second-order valence-corrected chi connectivity index (χ2v) is 8.43. The molecule has 2 bridgehead atoms. The van der Waals surface area contributed by atoms with Crippen molar-refractivity contribution in [3.05, 3.63) is 30.4 Å². The fraction of sp³-hybridized carbons (Fsp3) is 0.500. The number of nitrogens with one attached hydrogen (secondary N) is 1. The monoisotopic (exact) mass is 396 g/mol. The third-order valence-corrected chi connectivity index (χ3v) is 7.13. The van der Waals surface area contributed by atoms with Crippen molar-refractivity contribution in [1.82, 2.24) is 4.90 Å². The number of allylic oxidation sites excluding steroid dienone is 2. The highest BCUT2D eigenvalue weighted by molar-refractivity contribution is 6.10. The minimum Gasteiger partial charge on any atom is -0.497 e. The molecule has 3 fully saturated rings. The van der Waals surface area contributed by atoms with E-state index >= 15 is 0 Å². The number of amides is 3. The van der Waals surface area contributed by atoms with E-state index in [0.29, 0.717) is 29.0 Å². The van der Waals surface area contributed by atoms with Gasteiger partial charge in [0.1, 0.15) is 17.5 Å². The molecule has 5 aliphatic rings. The van der Waals surface area contributed by atoms with Crippen LogP contribution >= 0.6 is 0 Å². The van der Waals surface area contributed by atoms with Crippen LogP contribution in [-0.4, -0.2) is 42.9 Å². The largest absolute Gasteiger partial charge is 0.497 e. The molecule has 7 nitrogen and oxygen atoms in total. The number of benzene rings is 1. The molecule has 1 aliphatic heterocycles. The molecule has 6 rings (SSSR count). The molecule has 0 radical (unpaired) electrons. The molecule has 3 amide bonds. The quantitative estimate of drug-likeness (QED) is 0.609. The number of carbonyl (C=O) groups excluding carboxylic acids is 3. The lowest BCUT2D eigenvalue weighted by Gasteiger charge is -2.37. The van der Waals surface area contributed by atoms with Gasteiger partial charge in [-0.2, -0.15) is 0 Å². The summed E-state index contributed by atoms with van der Waals surface area (Å²) >= 11 is 0. The van der Waals surface area contributed by atoms with Gasteiger partial charge in [-0.1, -0.05) is 12.2 Å². The molecule has 29 heavy (non-hydrogen) atoms. The molecule has 2 saturated carbocycles. The maximum Gasteiger partial charge on any atom is 0.247 e. The van der Waals surface area contributed by atoms with E-state index in [1.54, 1.807) is 32.2 Å². The first-order valence-corrected chi connectivity index (χ1v) is 10.0. The normalized spacial score (nSPS) is 34.5. The van der Waals surface area contributed by atoms with E-state index in [-0.39, 0.29) is 35.5 Å². The second kappa shape index (κ2) is 6.34. The lowest BCUT2D eigenvalue weighted by Crippen LogP contribution is -2.46. The minimum absolute atomic E-state index is 0.147. The number of hydrogen-bond acceptors (Lipinski definition) is 5. The van der Waals surface area contributed by atoms with Crippen LogP contribution < -0.4 is 14.8 Å². The molecular weight excluding hydrogens is 372 g/mol. The number of nitrogens with zero attached hydrogens (tertiary/aromatic N) is 1. The van der Waals surface area contributed by atoms with Gasteiger partial charge in [-0.15, -0.1) is 0 Å². The molecule has 1 heterocycles. The fourth-order valence-electron chi connectivity index (χ4n) is 5.62. The molecule has 0 spiro atoms. The summed E-state index contributed by atoms with van der Waals surface area (Å²) in [6.45, 7) is 1.61. The minimum atomic E-state index is -0.886. The first-order chi connectivity index (χ1) is 14.0. The predicted molar refractivity (Wildman–Crippen MR) is 104 cm³/mol. The molecule has 0 unspecified atom stereocenters. The molecule has 1 aromatic carbocycles. The Hall–Kier alpha value is -2.83. The van der Waals surface area contributed by atoms with Gasteiger partial charge in [-0.3, -0.25) is 19.3 Å². The van der Waals surface area contributed by atoms with E-state index in [2.05, 4.69) is 17.5 Å². The zero-order valence-electron chi connectivity index (χ0n) is 16.6. The van der Waals surface area contributed by atoms with E-state index < -0.39 is 11.9 Å². The average Bonchev–Trinajstić information content (AvgIpc) is 3.51. The van der Waals surface area contributed by atoms with Crippen molar-refractivity contribution in [3.8, 4) is 11.5 Å². The van der Waals surface area contributed by atoms with E-state index in [1.807, 2.05) is 0 Å². The Kier molecular flexibility index (Phi) is 3.98. The van der Waals surface area contributed by atoms with Crippen molar-refractivity contribution < 1.29 is 23.9 Å². The maximum atomic E-state index is 13.2. The van der Waals surface area contributed by atoms with Crippen LogP contribution in [0.1, 0.15) is 13.3 Å². The van der Waals surface area contributed by atoms with Crippen LogP contribution in [0.4, 0.5) is 5.69 Å². The third-order valence-electron chi connectivity index (χ3n) is 7.13. The summed E-state index contributed by atoms with van der Waals surface area (Å²) in [5.41, 5.74) is 0.463. The van der Waals surface area contributed by atoms with Crippen LogP contribution in [0.25, 0.3) is 0 Å². The maximum absolute atomic E-state index is 13.2. The highest BCUT2D eigenvalue weighted by Gasteiger charge is 2.67. The number of anilines is 1. The number of likely N-dealkylation sites (tertiary alicyclic amines) is 1. The van der Waals surface area contributed by atoms with Crippen LogP contribution in [0.2, 0.25) is 0 Å². The van der Waals surface area contributed by atoms with Gasteiger partial charge < -0.3 is 14.8 Å². The zero-order chi connectivity index (χ0) is 20.4. The second-order valence-electron chi connectivity index (χ2n) is 8.43. The van der Waals surface area contributed by atoms with Crippen LogP contribution in [0.3, 0.4) is 0 Å². The number of hydrogen-bond donors (Lipinski definition) is 1. The van der Waals surface area contributed by atoms with Gasteiger partial charge in [-0.05, 0) is 49.1 Å². The number of carbonyl (C=O) groups is 3. The Morgan fingerprint density at radius 2 is 1.69 bits per heavy atom. The molecule has 1 N–H and O–H groups in total. The number of rotatable bonds is 5. The van der Waals surface area contributed by atoms with Crippen LogP contribution in [0.5, 0.6) is 11.5 Å². The lowest BCUT2D eigenvalue weighted by molar-refractivity contribution is -0.146. The Morgan fingerprint density at radius 3 is 2.24 bits per heavy atom. The smallest absolute Gasteiger partial charge is 0.247 e. The van der Waals surface area contributed by atoms with E-state index in [4.69, 9.17) is 9.47 Å². The number of ether oxygens (including phenoxy) is 2. The van der Waals surface area contributed by atoms with E-state index in [1.165, 1.54) is 12.0 Å². The molecule has 152 valence electrons. The van der Waals surface area contributed by atoms with E-state index in [0.717, 1.165) is 6.42 Å². The lowest BCUT2D eigenvalue weighted by atomic mass is 9.63. The van der Waals surface area contributed by atoms with Gasteiger partial charge in [0.15, 0.2) is 0 Å². The summed E-state index contributed by atoms with van der Waals surface area (Å²) in [6, 6.07) is 4.16. The Bertz CT molecular complexity index is 905. The van der Waals surface area contributed by atoms with Crippen LogP contribution in [0, 0.1) is 35.5 Å². The molecule has 0 aromatic heterocycles. The summed E-state index contributed by atoms with van der Waals surface area (Å²) < 4.78 is 10.5. The summed E-state index contributed by atoms with van der Waals surface area (Å²) in [5.74, 6) is 0.998. The Labute approximate surface area is 169 Å².